The van der Waals surface area contributed by atoms with Gasteiger partial charge in [-0.2, -0.15) is 0 Å². The van der Waals surface area contributed by atoms with Crippen LogP contribution in [-0.4, -0.2) is 37.2 Å². The van der Waals surface area contributed by atoms with E-state index in [0.717, 1.165) is 18.6 Å². The average molecular weight is 209 g/mol. The second kappa shape index (κ2) is 5.66. The summed E-state index contributed by atoms with van der Waals surface area (Å²) in [7, 11) is 0. The van der Waals surface area contributed by atoms with Crippen molar-refractivity contribution in [2.45, 2.75) is 38.1 Å². The molecule has 1 saturated heterocycles. The van der Waals surface area contributed by atoms with Crippen molar-refractivity contribution >= 4 is 0 Å². The van der Waals surface area contributed by atoms with Gasteiger partial charge in [0.2, 0.25) is 0 Å². The molecule has 0 spiro atoms. The Morgan fingerprint density at radius 3 is 2.47 bits per heavy atom. The summed E-state index contributed by atoms with van der Waals surface area (Å²) >= 11 is 0. The molecule has 0 atom stereocenters. The molecule has 0 amide bonds. The zero-order chi connectivity index (χ0) is 10.5. The van der Waals surface area contributed by atoms with E-state index in [-0.39, 0.29) is 0 Å². The zero-order valence-corrected chi connectivity index (χ0v) is 9.66. The van der Waals surface area contributed by atoms with Crippen LogP contribution >= 0.6 is 0 Å². The zero-order valence-electron chi connectivity index (χ0n) is 9.66. The van der Waals surface area contributed by atoms with Crippen molar-refractivity contribution in [2.24, 2.45) is 5.92 Å². The van der Waals surface area contributed by atoms with Gasteiger partial charge in [0.25, 0.3) is 0 Å². The number of rotatable bonds is 5. The number of nitrogens with zero attached hydrogens (tertiary/aromatic N) is 1. The van der Waals surface area contributed by atoms with Crippen LogP contribution in [0.15, 0.2) is 12.7 Å². The molecular weight excluding hydrogens is 186 g/mol. The lowest BCUT2D eigenvalue weighted by Gasteiger charge is -2.41. The summed E-state index contributed by atoms with van der Waals surface area (Å²) in [4.78, 5) is 2.65. The molecule has 0 aromatic rings. The Balaban J connectivity index is 1.61. The van der Waals surface area contributed by atoms with E-state index in [0.29, 0.717) is 6.61 Å². The minimum Gasteiger partial charge on any atom is -0.377 e. The molecule has 0 aromatic carbocycles. The van der Waals surface area contributed by atoms with Crippen LogP contribution in [0.25, 0.3) is 0 Å². The molecule has 2 aliphatic rings. The number of likely N-dealkylation sites (tertiary alicyclic amines) is 1. The van der Waals surface area contributed by atoms with Gasteiger partial charge in [-0.05, 0) is 51.1 Å². The predicted molar refractivity (Wildman–Crippen MR) is 63.0 cm³/mol. The molecule has 1 saturated carbocycles. The number of hydrogen-bond donors (Lipinski definition) is 0. The normalized spacial score (nSPS) is 32.3. The van der Waals surface area contributed by atoms with Crippen LogP contribution in [0.2, 0.25) is 0 Å². The first-order valence-electron chi connectivity index (χ1n) is 6.33. The highest BCUT2D eigenvalue weighted by Gasteiger charge is 2.28. The maximum Gasteiger partial charge on any atom is 0.0644 e. The third-order valence-corrected chi connectivity index (χ3v) is 3.81. The summed E-state index contributed by atoms with van der Waals surface area (Å²) in [6.45, 7) is 8.02. The lowest BCUT2D eigenvalue weighted by molar-refractivity contribution is 0.0517. The lowest BCUT2D eigenvalue weighted by atomic mass is 9.85. The van der Waals surface area contributed by atoms with Crippen molar-refractivity contribution in [1.29, 1.82) is 0 Å². The first-order valence-corrected chi connectivity index (χ1v) is 6.33. The summed E-state index contributed by atoms with van der Waals surface area (Å²) in [6.07, 6.45) is 8.76. The topological polar surface area (TPSA) is 12.5 Å². The van der Waals surface area contributed by atoms with Crippen molar-refractivity contribution in [3.63, 3.8) is 0 Å². The summed E-state index contributed by atoms with van der Waals surface area (Å²) in [5.41, 5.74) is 0. The van der Waals surface area contributed by atoms with Gasteiger partial charge in [-0.25, -0.2) is 0 Å². The predicted octanol–water partition coefficient (Wildman–Crippen LogP) is 2.45. The van der Waals surface area contributed by atoms with Gasteiger partial charge >= 0.3 is 0 Å². The maximum absolute atomic E-state index is 5.53. The largest absolute Gasteiger partial charge is 0.377 e. The highest BCUT2D eigenvalue weighted by Crippen LogP contribution is 2.29. The van der Waals surface area contributed by atoms with Gasteiger partial charge in [0, 0.05) is 12.6 Å². The van der Waals surface area contributed by atoms with E-state index in [2.05, 4.69) is 11.5 Å². The Labute approximate surface area is 93.3 Å². The third-order valence-electron chi connectivity index (χ3n) is 3.81. The second-order valence-electron chi connectivity index (χ2n) is 4.89. The monoisotopic (exact) mass is 209 g/mol. The van der Waals surface area contributed by atoms with E-state index in [1.54, 1.807) is 0 Å². The van der Waals surface area contributed by atoms with Crippen LogP contribution in [0, 0.1) is 5.92 Å². The van der Waals surface area contributed by atoms with E-state index in [1.807, 2.05) is 6.08 Å². The molecule has 0 N–H and O–H groups in total. The maximum atomic E-state index is 5.53. The molecule has 0 aromatic heterocycles. The first kappa shape index (κ1) is 11.2. The minimum absolute atomic E-state index is 0.714. The van der Waals surface area contributed by atoms with Crippen molar-refractivity contribution < 1.29 is 4.74 Å². The van der Waals surface area contributed by atoms with Gasteiger partial charge in [0.15, 0.2) is 0 Å². The van der Waals surface area contributed by atoms with Gasteiger partial charge < -0.3 is 9.64 Å². The molecule has 1 heterocycles. The Morgan fingerprint density at radius 2 is 1.93 bits per heavy atom. The summed E-state index contributed by atoms with van der Waals surface area (Å²) in [5, 5.41) is 0. The highest BCUT2D eigenvalue weighted by atomic mass is 16.5. The van der Waals surface area contributed by atoms with E-state index in [9.17, 15) is 0 Å². The Kier molecular flexibility index (Phi) is 4.21. The molecule has 15 heavy (non-hydrogen) atoms. The van der Waals surface area contributed by atoms with E-state index < -0.39 is 0 Å². The standard InChI is InChI=1S/C13H23NO/c1-2-10-15-11-12-4-6-13(7-5-12)14-8-3-9-14/h2,12-13H,1,3-11H2. The van der Waals surface area contributed by atoms with Crippen LogP contribution in [0.5, 0.6) is 0 Å². The fourth-order valence-electron chi connectivity index (χ4n) is 2.70. The van der Waals surface area contributed by atoms with Crippen LogP contribution in [0.4, 0.5) is 0 Å². The average Bonchev–Trinajstić information content (AvgIpc) is 2.18. The van der Waals surface area contributed by atoms with Gasteiger partial charge in [-0.3, -0.25) is 0 Å². The van der Waals surface area contributed by atoms with Crippen molar-refractivity contribution in [2.75, 3.05) is 26.3 Å². The molecule has 86 valence electrons. The fourth-order valence-corrected chi connectivity index (χ4v) is 2.70. The lowest BCUT2D eigenvalue weighted by Crippen LogP contribution is -2.46. The van der Waals surface area contributed by atoms with Crippen LogP contribution < -0.4 is 0 Å². The van der Waals surface area contributed by atoms with Crippen LogP contribution in [-0.2, 0) is 4.74 Å². The molecule has 0 bridgehead atoms. The molecule has 1 aliphatic heterocycles. The summed E-state index contributed by atoms with van der Waals surface area (Å²) in [6, 6.07) is 0.898. The molecule has 2 nitrogen and oxygen atoms in total. The first-order chi connectivity index (χ1) is 7.40. The molecule has 2 fully saturated rings. The molecule has 1 aliphatic carbocycles. The summed E-state index contributed by atoms with van der Waals surface area (Å²) < 4.78 is 5.53. The van der Waals surface area contributed by atoms with E-state index in [4.69, 9.17) is 4.74 Å². The van der Waals surface area contributed by atoms with E-state index >= 15 is 0 Å². The van der Waals surface area contributed by atoms with Gasteiger partial charge in [0.05, 0.1) is 6.61 Å². The number of hydrogen-bond acceptors (Lipinski definition) is 2. The van der Waals surface area contributed by atoms with Crippen molar-refractivity contribution in [3.05, 3.63) is 12.7 Å². The quantitative estimate of drug-likeness (QED) is 0.509. The third kappa shape index (κ3) is 3.05. The fraction of sp³-hybridized carbons (Fsp3) is 0.846. The SMILES string of the molecule is C=CCOCC1CCC(N2CCC2)CC1. The van der Waals surface area contributed by atoms with E-state index in [1.165, 1.54) is 45.2 Å². The molecular formula is C13H23NO. The Bertz CT molecular complexity index is 193. The molecule has 0 radical (unpaired) electrons. The molecule has 0 unspecified atom stereocenters. The Morgan fingerprint density at radius 1 is 1.20 bits per heavy atom. The van der Waals surface area contributed by atoms with Crippen LogP contribution in [0.3, 0.4) is 0 Å². The number of ether oxygens (including phenoxy) is 1. The van der Waals surface area contributed by atoms with Gasteiger partial charge in [0.1, 0.15) is 0 Å². The smallest absolute Gasteiger partial charge is 0.0644 e. The van der Waals surface area contributed by atoms with Gasteiger partial charge in [-0.15, -0.1) is 6.58 Å². The minimum atomic E-state index is 0.714. The highest BCUT2D eigenvalue weighted by molar-refractivity contribution is 4.83. The second-order valence-corrected chi connectivity index (χ2v) is 4.89. The van der Waals surface area contributed by atoms with Crippen molar-refractivity contribution in [3.8, 4) is 0 Å². The van der Waals surface area contributed by atoms with Crippen molar-refractivity contribution in [1.82, 2.24) is 4.90 Å². The van der Waals surface area contributed by atoms with Gasteiger partial charge in [-0.1, -0.05) is 6.08 Å². The Hall–Kier alpha value is -0.340. The molecule has 2 rings (SSSR count). The summed E-state index contributed by atoms with van der Waals surface area (Å²) in [5.74, 6) is 0.808. The van der Waals surface area contributed by atoms with Crippen LogP contribution in [0.1, 0.15) is 32.1 Å². The molecule has 2 heteroatoms.